The van der Waals surface area contributed by atoms with Gasteiger partial charge in [0.15, 0.2) is 0 Å². The number of nitrogens with zero attached hydrogens (tertiary/aromatic N) is 2. The summed E-state index contributed by atoms with van der Waals surface area (Å²) in [5.41, 5.74) is 1.12. The Kier molecular flexibility index (Phi) is 5.92. The molecular weight excluding hydrogens is 200 g/mol. The van der Waals surface area contributed by atoms with E-state index < -0.39 is 11.9 Å². The van der Waals surface area contributed by atoms with E-state index in [1.807, 2.05) is 6.92 Å². The monoisotopic (exact) mass is 214 g/mol. The van der Waals surface area contributed by atoms with Crippen LogP contribution in [0.2, 0.25) is 0 Å². The Labute approximate surface area is 87.9 Å². The van der Waals surface area contributed by atoms with Crippen LogP contribution in [0.15, 0.2) is 10.3 Å². The Morgan fingerprint density at radius 3 is 1.87 bits per heavy atom. The fourth-order valence-electron chi connectivity index (χ4n) is 0.391. The first kappa shape index (κ1) is 13.3. The molecule has 0 bridgehead atoms. The molecule has 6 heteroatoms. The lowest BCUT2D eigenvalue weighted by molar-refractivity contribution is -0.167. The zero-order valence-electron chi connectivity index (χ0n) is 9.23. The van der Waals surface area contributed by atoms with E-state index >= 15 is 0 Å². The first-order chi connectivity index (χ1) is 6.97. The summed E-state index contributed by atoms with van der Waals surface area (Å²) in [6.07, 6.45) is 0.633. The molecule has 6 nitrogen and oxygen atoms in total. The Balaban J connectivity index is 4.12. The van der Waals surface area contributed by atoms with Crippen molar-refractivity contribution in [2.45, 2.75) is 34.1 Å². The Hall–Kier alpha value is -1.72. The van der Waals surface area contributed by atoms with Gasteiger partial charge in [0, 0.05) is 0 Å². The summed E-state index contributed by atoms with van der Waals surface area (Å²) >= 11 is 0. The second-order valence-corrected chi connectivity index (χ2v) is 2.98. The minimum absolute atomic E-state index is 0.518. The Bertz CT molecular complexity index is 303. The second-order valence-electron chi connectivity index (χ2n) is 2.98. The lowest BCUT2D eigenvalue weighted by Gasteiger charge is -1.96. The highest BCUT2D eigenvalue weighted by molar-refractivity contribution is 6.29. The molecule has 0 N–H and O–H groups in total. The van der Waals surface area contributed by atoms with Crippen molar-refractivity contribution in [3.05, 3.63) is 0 Å². The summed E-state index contributed by atoms with van der Waals surface area (Å²) in [7, 11) is 0. The molecule has 0 saturated heterocycles. The van der Waals surface area contributed by atoms with Crippen molar-refractivity contribution in [1.29, 1.82) is 0 Å². The predicted molar refractivity (Wildman–Crippen MR) is 54.4 cm³/mol. The topological polar surface area (TPSA) is 77.3 Å². The van der Waals surface area contributed by atoms with Gasteiger partial charge in [-0.2, -0.15) is 0 Å². The van der Waals surface area contributed by atoms with Crippen LogP contribution >= 0.6 is 0 Å². The molecule has 0 saturated carbocycles. The Morgan fingerprint density at radius 2 is 1.47 bits per heavy atom. The van der Waals surface area contributed by atoms with E-state index in [1.54, 1.807) is 20.8 Å². The fraction of sp³-hybridized carbons (Fsp3) is 0.556. The third kappa shape index (κ3) is 6.36. The maximum atomic E-state index is 10.9. The molecule has 0 aliphatic heterocycles. The highest BCUT2D eigenvalue weighted by atomic mass is 16.7. The summed E-state index contributed by atoms with van der Waals surface area (Å²) in [4.78, 5) is 30.3. The van der Waals surface area contributed by atoms with Gasteiger partial charge in [-0.05, 0) is 27.2 Å². The molecule has 15 heavy (non-hydrogen) atoms. The molecule has 0 aliphatic rings. The zero-order chi connectivity index (χ0) is 11.8. The van der Waals surface area contributed by atoms with Gasteiger partial charge in [0.05, 0.1) is 11.4 Å². The number of carbonyl (C=O) groups is 2. The standard InChI is InChI=1S/C9H14N2O4/c1-5-7(4)11-15-9(13)8(12)14-10-6(2)3/h5H2,1-4H3/b11-7+. The number of carbonyl (C=O) groups excluding carboxylic acids is 2. The van der Waals surface area contributed by atoms with Gasteiger partial charge in [-0.15, -0.1) is 0 Å². The highest BCUT2D eigenvalue weighted by Crippen LogP contribution is 1.91. The van der Waals surface area contributed by atoms with E-state index in [4.69, 9.17) is 0 Å². The van der Waals surface area contributed by atoms with Crippen molar-refractivity contribution in [3.8, 4) is 0 Å². The largest absolute Gasteiger partial charge is 0.445 e. The summed E-state index contributed by atoms with van der Waals surface area (Å²) < 4.78 is 0. The van der Waals surface area contributed by atoms with Crippen molar-refractivity contribution in [2.75, 3.05) is 0 Å². The molecule has 0 amide bonds. The number of hydrogen-bond acceptors (Lipinski definition) is 6. The second kappa shape index (κ2) is 6.69. The molecule has 84 valence electrons. The van der Waals surface area contributed by atoms with Crippen LogP contribution in [0.4, 0.5) is 0 Å². The molecule has 0 aromatic rings. The first-order valence-corrected chi connectivity index (χ1v) is 4.44. The molecule has 0 aromatic carbocycles. The van der Waals surface area contributed by atoms with Gasteiger partial charge >= 0.3 is 11.9 Å². The summed E-state index contributed by atoms with van der Waals surface area (Å²) in [5.74, 6) is -2.38. The molecule has 0 atom stereocenters. The quantitative estimate of drug-likeness (QED) is 0.306. The average molecular weight is 214 g/mol. The van der Waals surface area contributed by atoms with Crippen LogP contribution in [0.5, 0.6) is 0 Å². The predicted octanol–water partition coefficient (Wildman–Crippen LogP) is 1.25. The van der Waals surface area contributed by atoms with E-state index in [2.05, 4.69) is 20.0 Å². The Morgan fingerprint density at radius 1 is 1.00 bits per heavy atom. The molecule has 0 spiro atoms. The van der Waals surface area contributed by atoms with Crippen LogP contribution in [-0.4, -0.2) is 23.4 Å². The maximum absolute atomic E-state index is 10.9. The summed E-state index contributed by atoms with van der Waals surface area (Å²) in [5, 5.41) is 6.72. The average Bonchev–Trinajstić information content (AvgIpc) is 2.21. The van der Waals surface area contributed by atoms with Gasteiger partial charge in [0.1, 0.15) is 0 Å². The van der Waals surface area contributed by atoms with Crippen LogP contribution in [0.25, 0.3) is 0 Å². The highest BCUT2D eigenvalue weighted by Gasteiger charge is 2.18. The van der Waals surface area contributed by atoms with E-state index in [0.717, 1.165) is 0 Å². The van der Waals surface area contributed by atoms with Crippen molar-refractivity contribution in [2.24, 2.45) is 10.3 Å². The van der Waals surface area contributed by atoms with Crippen molar-refractivity contribution >= 4 is 23.4 Å². The maximum Gasteiger partial charge on any atom is 0.445 e. The van der Waals surface area contributed by atoms with Crippen molar-refractivity contribution in [1.82, 2.24) is 0 Å². The van der Waals surface area contributed by atoms with Crippen LogP contribution in [-0.2, 0) is 19.3 Å². The molecule has 0 aromatic heterocycles. The summed E-state index contributed by atoms with van der Waals surface area (Å²) in [6, 6.07) is 0. The van der Waals surface area contributed by atoms with Crippen LogP contribution < -0.4 is 0 Å². The van der Waals surface area contributed by atoms with Gasteiger partial charge in [-0.25, -0.2) is 9.59 Å². The molecular formula is C9H14N2O4. The summed E-state index contributed by atoms with van der Waals surface area (Å²) in [6.45, 7) is 6.76. The van der Waals surface area contributed by atoms with Crippen molar-refractivity contribution in [3.63, 3.8) is 0 Å². The molecule has 0 aliphatic carbocycles. The number of oxime groups is 2. The molecule has 0 fully saturated rings. The molecule has 0 unspecified atom stereocenters. The number of rotatable bonds is 3. The third-order valence-electron chi connectivity index (χ3n) is 1.27. The molecule has 0 heterocycles. The van der Waals surface area contributed by atoms with Gasteiger partial charge in [-0.1, -0.05) is 17.2 Å². The minimum Gasteiger partial charge on any atom is -0.306 e. The van der Waals surface area contributed by atoms with E-state index in [9.17, 15) is 9.59 Å². The van der Waals surface area contributed by atoms with E-state index in [0.29, 0.717) is 17.8 Å². The van der Waals surface area contributed by atoms with Crippen molar-refractivity contribution < 1.29 is 19.3 Å². The van der Waals surface area contributed by atoms with E-state index in [-0.39, 0.29) is 0 Å². The van der Waals surface area contributed by atoms with Gasteiger partial charge in [0.2, 0.25) is 0 Å². The lowest BCUT2D eigenvalue weighted by Crippen LogP contribution is -2.17. The fourth-order valence-corrected chi connectivity index (χ4v) is 0.391. The smallest absolute Gasteiger partial charge is 0.306 e. The first-order valence-electron chi connectivity index (χ1n) is 4.44. The van der Waals surface area contributed by atoms with Gasteiger partial charge in [0.25, 0.3) is 0 Å². The molecule has 0 rings (SSSR count). The SMILES string of the molecule is CC/C(C)=N/OC(=O)C(=O)ON=C(C)C. The lowest BCUT2D eigenvalue weighted by atomic mass is 10.3. The molecule has 0 radical (unpaired) electrons. The van der Waals surface area contributed by atoms with Crippen LogP contribution in [0, 0.1) is 0 Å². The zero-order valence-corrected chi connectivity index (χ0v) is 9.23. The number of hydrogen-bond donors (Lipinski definition) is 0. The normalized spacial score (nSPS) is 10.5. The van der Waals surface area contributed by atoms with E-state index in [1.165, 1.54) is 0 Å². The minimum atomic E-state index is -1.19. The van der Waals surface area contributed by atoms with Gasteiger partial charge < -0.3 is 9.68 Å². The van der Waals surface area contributed by atoms with Crippen LogP contribution in [0.3, 0.4) is 0 Å². The van der Waals surface area contributed by atoms with Crippen LogP contribution in [0.1, 0.15) is 34.1 Å². The third-order valence-corrected chi connectivity index (χ3v) is 1.27. The van der Waals surface area contributed by atoms with Gasteiger partial charge in [-0.3, -0.25) is 0 Å².